The molecule has 0 spiro atoms. The first-order valence-corrected chi connectivity index (χ1v) is 10.2. The summed E-state index contributed by atoms with van der Waals surface area (Å²) in [4.78, 5) is 27.2. The van der Waals surface area contributed by atoms with Crippen molar-refractivity contribution in [2.75, 3.05) is 29.9 Å². The highest BCUT2D eigenvalue weighted by molar-refractivity contribution is 6.02. The number of amides is 2. The third-order valence-electron chi connectivity index (χ3n) is 5.65. The minimum atomic E-state index is 0.0104. The first kappa shape index (κ1) is 17.4. The molecule has 1 aliphatic heterocycles. The molecule has 1 saturated heterocycles. The summed E-state index contributed by atoms with van der Waals surface area (Å²) in [5, 5.41) is 6.12. The van der Waals surface area contributed by atoms with Crippen molar-refractivity contribution < 1.29 is 9.59 Å². The molecule has 5 nitrogen and oxygen atoms in total. The third-order valence-corrected chi connectivity index (χ3v) is 5.65. The van der Waals surface area contributed by atoms with E-state index in [1.165, 1.54) is 25.7 Å². The topological polar surface area (TPSA) is 61.4 Å². The molecule has 1 aromatic rings. The van der Waals surface area contributed by atoms with Crippen molar-refractivity contribution in [1.29, 1.82) is 0 Å². The molecule has 2 amide bonds. The molecule has 140 valence electrons. The fraction of sp³-hybridized carbons (Fsp3) is 0.619. The van der Waals surface area contributed by atoms with E-state index in [4.69, 9.17) is 0 Å². The van der Waals surface area contributed by atoms with Crippen molar-refractivity contribution in [3.63, 3.8) is 0 Å². The lowest BCUT2D eigenvalue weighted by Gasteiger charge is -2.26. The van der Waals surface area contributed by atoms with Gasteiger partial charge >= 0.3 is 0 Å². The molecule has 26 heavy (non-hydrogen) atoms. The van der Waals surface area contributed by atoms with Crippen LogP contribution in [-0.2, 0) is 4.79 Å². The largest absolute Gasteiger partial charge is 0.371 e. The minimum absolute atomic E-state index is 0.0104. The minimum Gasteiger partial charge on any atom is -0.371 e. The Balaban J connectivity index is 1.55. The molecule has 1 heterocycles. The Morgan fingerprint density at radius 2 is 1.73 bits per heavy atom. The molecule has 3 fully saturated rings. The Morgan fingerprint density at radius 3 is 2.38 bits per heavy atom. The van der Waals surface area contributed by atoms with Crippen LogP contribution in [0.3, 0.4) is 0 Å². The maximum absolute atomic E-state index is 12.8. The second-order valence-electron chi connectivity index (χ2n) is 8.05. The van der Waals surface area contributed by atoms with Gasteiger partial charge in [0.15, 0.2) is 0 Å². The SMILES string of the molecule is O=C(NCC1CC1)c1ccc(NC(=O)C2CC2)cc1N1CCCCCC1. The van der Waals surface area contributed by atoms with Gasteiger partial charge in [0.2, 0.25) is 5.91 Å². The summed E-state index contributed by atoms with van der Waals surface area (Å²) in [6.07, 6.45) is 9.25. The number of nitrogens with zero attached hydrogens (tertiary/aromatic N) is 1. The standard InChI is InChI=1S/C21H29N3O2/c25-20(16-7-8-16)23-17-9-10-18(21(26)22-14-15-5-6-15)19(13-17)24-11-3-1-2-4-12-24/h9-10,13,15-16H,1-8,11-12,14H2,(H,22,26)(H,23,25). The Labute approximate surface area is 155 Å². The van der Waals surface area contributed by atoms with Gasteiger partial charge in [-0.25, -0.2) is 0 Å². The number of hydrogen-bond donors (Lipinski definition) is 2. The van der Waals surface area contributed by atoms with Crippen molar-refractivity contribution in [2.45, 2.75) is 51.4 Å². The molecule has 0 unspecified atom stereocenters. The highest BCUT2D eigenvalue weighted by Gasteiger charge is 2.30. The van der Waals surface area contributed by atoms with Crippen molar-refractivity contribution in [2.24, 2.45) is 11.8 Å². The summed E-state index contributed by atoms with van der Waals surface area (Å²) in [6.45, 7) is 2.73. The summed E-state index contributed by atoms with van der Waals surface area (Å²) in [7, 11) is 0. The van der Waals surface area contributed by atoms with Crippen LogP contribution in [0.5, 0.6) is 0 Å². The number of carbonyl (C=O) groups is 2. The van der Waals surface area contributed by atoms with Gasteiger partial charge in [-0.05, 0) is 62.6 Å². The van der Waals surface area contributed by atoms with E-state index in [2.05, 4.69) is 15.5 Å². The molecule has 1 aromatic carbocycles. The Bertz CT molecular complexity index is 672. The van der Waals surface area contributed by atoms with Crippen molar-refractivity contribution >= 4 is 23.2 Å². The van der Waals surface area contributed by atoms with E-state index in [0.29, 0.717) is 5.92 Å². The lowest BCUT2D eigenvalue weighted by molar-refractivity contribution is -0.117. The second-order valence-corrected chi connectivity index (χ2v) is 8.05. The van der Waals surface area contributed by atoms with Crippen LogP contribution >= 0.6 is 0 Å². The molecular weight excluding hydrogens is 326 g/mol. The van der Waals surface area contributed by atoms with E-state index < -0.39 is 0 Å². The van der Waals surface area contributed by atoms with Crippen LogP contribution in [0.25, 0.3) is 0 Å². The fourth-order valence-corrected chi connectivity index (χ4v) is 3.62. The van der Waals surface area contributed by atoms with Crippen LogP contribution in [0.1, 0.15) is 61.7 Å². The second kappa shape index (κ2) is 7.68. The predicted molar refractivity (Wildman–Crippen MR) is 104 cm³/mol. The molecule has 2 aliphatic carbocycles. The van der Waals surface area contributed by atoms with Gasteiger partial charge in [0.1, 0.15) is 0 Å². The van der Waals surface area contributed by atoms with Crippen LogP contribution < -0.4 is 15.5 Å². The van der Waals surface area contributed by atoms with E-state index in [1.807, 2.05) is 18.2 Å². The average Bonchev–Trinajstić information content (AvgIpc) is 3.53. The van der Waals surface area contributed by atoms with E-state index in [-0.39, 0.29) is 17.7 Å². The molecule has 0 bridgehead atoms. The van der Waals surface area contributed by atoms with E-state index in [0.717, 1.165) is 62.3 Å². The molecule has 2 saturated carbocycles. The zero-order chi connectivity index (χ0) is 17.9. The van der Waals surface area contributed by atoms with Crippen LogP contribution in [0, 0.1) is 11.8 Å². The van der Waals surface area contributed by atoms with Gasteiger partial charge < -0.3 is 15.5 Å². The highest BCUT2D eigenvalue weighted by Crippen LogP contribution is 2.32. The molecule has 5 heteroatoms. The lowest BCUT2D eigenvalue weighted by Crippen LogP contribution is -2.30. The number of anilines is 2. The molecule has 0 radical (unpaired) electrons. The van der Waals surface area contributed by atoms with Crippen LogP contribution in [-0.4, -0.2) is 31.4 Å². The van der Waals surface area contributed by atoms with Crippen LogP contribution in [0.2, 0.25) is 0 Å². The van der Waals surface area contributed by atoms with Gasteiger partial charge in [0, 0.05) is 31.2 Å². The van der Waals surface area contributed by atoms with Gasteiger partial charge in [-0.1, -0.05) is 12.8 Å². The zero-order valence-corrected chi connectivity index (χ0v) is 15.4. The van der Waals surface area contributed by atoms with Crippen LogP contribution in [0.15, 0.2) is 18.2 Å². The third kappa shape index (κ3) is 4.37. The average molecular weight is 355 g/mol. The molecule has 0 aromatic heterocycles. The van der Waals surface area contributed by atoms with Crippen molar-refractivity contribution in [1.82, 2.24) is 5.32 Å². The summed E-state index contributed by atoms with van der Waals surface area (Å²) >= 11 is 0. The smallest absolute Gasteiger partial charge is 0.253 e. The summed E-state index contributed by atoms with van der Waals surface area (Å²) < 4.78 is 0. The van der Waals surface area contributed by atoms with Gasteiger partial charge in [0.05, 0.1) is 11.3 Å². The van der Waals surface area contributed by atoms with Gasteiger partial charge in [-0.3, -0.25) is 9.59 Å². The number of carbonyl (C=O) groups excluding carboxylic acids is 2. The lowest BCUT2D eigenvalue weighted by atomic mass is 10.1. The fourth-order valence-electron chi connectivity index (χ4n) is 3.62. The van der Waals surface area contributed by atoms with Gasteiger partial charge in [-0.2, -0.15) is 0 Å². The Kier molecular flexibility index (Phi) is 5.14. The number of nitrogens with one attached hydrogen (secondary N) is 2. The van der Waals surface area contributed by atoms with E-state index >= 15 is 0 Å². The Morgan fingerprint density at radius 1 is 1.00 bits per heavy atom. The van der Waals surface area contributed by atoms with E-state index in [1.54, 1.807) is 0 Å². The predicted octanol–water partition coefficient (Wildman–Crippen LogP) is 3.56. The normalized spacial score (nSPS) is 20.4. The monoisotopic (exact) mass is 355 g/mol. The summed E-state index contributed by atoms with van der Waals surface area (Å²) in [5.41, 5.74) is 2.51. The van der Waals surface area contributed by atoms with E-state index in [9.17, 15) is 9.59 Å². The highest BCUT2D eigenvalue weighted by atomic mass is 16.2. The molecule has 2 N–H and O–H groups in total. The molecule has 4 rings (SSSR count). The first-order chi connectivity index (χ1) is 12.7. The van der Waals surface area contributed by atoms with Crippen LogP contribution in [0.4, 0.5) is 11.4 Å². The molecule has 3 aliphatic rings. The van der Waals surface area contributed by atoms with Crippen molar-refractivity contribution in [3.05, 3.63) is 23.8 Å². The molecule has 0 atom stereocenters. The maximum atomic E-state index is 12.8. The number of benzene rings is 1. The zero-order valence-electron chi connectivity index (χ0n) is 15.4. The van der Waals surface area contributed by atoms with Gasteiger partial charge in [0.25, 0.3) is 5.91 Å². The first-order valence-electron chi connectivity index (χ1n) is 10.2. The molecular formula is C21H29N3O2. The maximum Gasteiger partial charge on any atom is 0.253 e. The summed E-state index contributed by atoms with van der Waals surface area (Å²) in [5.74, 6) is 0.963. The Hall–Kier alpha value is -2.04. The van der Waals surface area contributed by atoms with Crippen molar-refractivity contribution in [3.8, 4) is 0 Å². The number of hydrogen-bond acceptors (Lipinski definition) is 3. The summed E-state index contributed by atoms with van der Waals surface area (Å²) in [6, 6.07) is 5.75. The number of rotatable bonds is 6. The van der Waals surface area contributed by atoms with Gasteiger partial charge in [-0.15, -0.1) is 0 Å². The quantitative estimate of drug-likeness (QED) is 0.820.